The van der Waals surface area contributed by atoms with Crippen LogP contribution in [0.2, 0.25) is 6.04 Å². The van der Waals surface area contributed by atoms with Gasteiger partial charge in [-0.15, -0.1) is 0 Å². The first-order chi connectivity index (χ1) is 9.33. The molecule has 20 heavy (non-hydrogen) atoms. The van der Waals surface area contributed by atoms with Gasteiger partial charge in [0, 0.05) is 5.57 Å². The zero-order chi connectivity index (χ0) is 15.4. The molecule has 6 heteroatoms. The zero-order valence-corrected chi connectivity index (χ0v) is 18.0. The van der Waals surface area contributed by atoms with Crippen LogP contribution in [0.1, 0.15) is 58.3 Å². The van der Waals surface area contributed by atoms with Gasteiger partial charge in [-0.25, -0.2) is 4.79 Å². The lowest BCUT2D eigenvalue weighted by Gasteiger charge is -2.08. The molecule has 0 saturated carbocycles. The van der Waals surface area contributed by atoms with Gasteiger partial charge in [0.05, 0.1) is 6.61 Å². The number of rotatable bonds is 12. The Hall–Kier alpha value is 0.867. The second-order valence-electron chi connectivity index (χ2n) is 5.11. The van der Waals surface area contributed by atoms with Gasteiger partial charge < -0.3 is 4.74 Å². The molecular weight excluding hydrogens is 468 g/mol. The van der Waals surface area contributed by atoms with Crippen LogP contribution in [0.4, 0.5) is 0 Å². The molecule has 0 aromatic heterocycles. The summed E-state index contributed by atoms with van der Waals surface area (Å²) in [6.45, 7) is 5.76. The summed E-state index contributed by atoms with van der Waals surface area (Å²) in [6.07, 6.45) is 9.86. The van der Waals surface area contributed by atoms with Crippen molar-refractivity contribution < 1.29 is 9.53 Å². The highest BCUT2D eigenvalue weighted by Gasteiger charge is 2.20. The number of ether oxygens (including phenoxy) is 1. The maximum atomic E-state index is 11.1. The number of hydrogen-bond donors (Lipinski definition) is 0. The summed E-state index contributed by atoms with van der Waals surface area (Å²) < 4.78 is 3.67. The molecule has 0 amide bonds. The third-order valence-corrected chi connectivity index (χ3v) is 7.43. The van der Waals surface area contributed by atoms with E-state index in [1.807, 2.05) is 0 Å². The Kier molecular flexibility index (Phi) is 13.0. The predicted octanol–water partition coefficient (Wildman–Crippen LogP) is 6.35. The van der Waals surface area contributed by atoms with Crippen LogP contribution in [0.15, 0.2) is 12.2 Å². The van der Waals surface area contributed by atoms with E-state index in [1.165, 1.54) is 44.6 Å². The minimum absolute atomic E-state index is 0.269. The van der Waals surface area contributed by atoms with Gasteiger partial charge in [0.15, 0.2) is 0 Å². The quantitative estimate of drug-likeness (QED) is 0.104. The Morgan fingerprint density at radius 2 is 1.40 bits per heavy atom. The van der Waals surface area contributed by atoms with Crippen molar-refractivity contribution in [2.24, 2.45) is 0 Å². The number of carbonyl (C=O) groups excluding carboxylic acids is 1. The minimum atomic E-state index is -1.38. The second kappa shape index (κ2) is 12.4. The molecule has 0 atom stereocenters. The third kappa shape index (κ3) is 15.3. The van der Waals surface area contributed by atoms with Crippen LogP contribution < -0.4 is 0 Å². The molecular formula is C14H25Br3O2Si. The highest BCUT2D eigenvalue weighted by Crippen LogP contribution is 2.33. The van der Waals surface area contributed by atoms with Gasteiger partial charge in [0.1, 0.15) is 0 Å². The molecule has 0 radical (unpaired) electrons. The van der Waals surface area contributed by atoms with Gasteiger partial charge in [-0.3, -0.25) is 0 Å². The molecule has 0 saturated heterocycles. The van der Waals surface area contributed by atoms with Crippen LogP contribution in [0.3, 0.4) is 0 Å². The van der Waals surface area contributed by atoms with E-state index in [0.29, 0.717) is 12.2 Å². The molecule has 0 aromatic carbocycles. The summed E-state index contributed by atoms with van der Waals surface area (Å²) >= 11 is 10.9. The van der Waals surface area contributed by atoms with Gasteiger partial charge in [-0.1, -0.05) is 97.4 Å². The molecule has 0 spiro atoms. The first-order valence-corrected chi connectivity index (χ1v) is 16.2. The van der Waals surface area contributed by atoms with Gasteiger partial charge in [-0.05, 0) is 19.4 Å². The maximum absolute atomic E-state index is 11.1. The molecule has 0 aromatic rings. The van der Waals surface area contributed by atoms with Crippen molar-refractivity contribution >= 4 is 55.8 Å². The van der Waals surface area contributed by atoms with Gasteiger partial charge >= 0.3 is 5.97 Å². The summed E-state index contributed by atoms with van der Waals surface area (Å²) in [7, 11) is 0. The number of halogens is 3. The number of unbranched alkanes of at least 4 members (excludes halogenated alkanes) is 7. The Balaban J connectivity index is 3.18. The Morgan fingerprint density at radius 1 is 0.950 bits per heavy atom. The Labute approximate surface area is 147 Å². The smallest absolute Gasteiger partial charge is 0.333 e. The summed E-state index contributed by atoms with van der Waals surface area (Å²) in [5.74, 6) is -0.269. The molecule has 0 aliphatic heterocycles. The average molecular weight is 493 g/mol. The lowest BCUT2D eigenvalue weighted by atomic mass is 10.1. The molecule has 0 aliphatic rings. The maximum Gasteiger partial charge on any atom is 0.333 e. The zero-order valence-electron chi connectivity index (χ0n) is 12.2. The van der Waals surface area contributed by atoms with Crippen LogP contribution in [-0.2, 0) is 9.53 Å². The molecule has 0 unspecified atom stereocenters. The number of esters is 1. The summed E-state index contributed by atoms with van der Waals surface area (Å²) in [5, 5.41) is 0. The molecule has 0 aliphatic carbocycles. The van der Waals surface area contributed by atoms with Crippen molar-refractivity contribution in [3.63, 3.8) is 0 Å². The van der Waals surface area contributed by atoms with Gasteiger partial charge in [0.25, 0.3) is 3.93 Å². The van der Waals surface area contributed by atoms with E-state index < -0.39 is 3.93 Å². The lowest BCUT2D eigenvalue weighted by Crippen LogP contribution is -2.06. The average Bonchev–Trinajstić information content (AvgIpc) is 2.34. The standard InChI is InChI=1S/C14H25Br3O2Si/c1-13(2)14(18)19-11-9-7-5-3-4-6-8-10-12-20(15,16)17/h1,3-12H2,2H3. The number of carbonyl (C=O) groups is 1. The molecule has 118 valence electrons. The monoisotopic (exact) mass is 490 g/mol. The SMILES string of the molecule is C=C(C)C(=O)OCCCCCCCCCC[Si](Br)(Br)Br. The van der Waals surface area contributed by atoms with E-state index in [0.717, 1.165) is 12.8 Å². The Morgan fingerprint density at radius 3 is 1.85 bits per heavy atom. The van der Waals surface area contributed by atoms with E-state index in [1.54, 1.807) is 6.92 Å². The summed E-state index contributed by atoms with van der Waals surface area (Å²) in [5.41, 5.74) is 0.479. The largest absolute Gasteiger partial charge is 0.462 e. The molecule has 0 bridgehead atoms. The second-order valence-corrected chi connectivity index (χ2v) is 28.6. The van der Waals surface area contributed by atoms with E-state index in [-0.39, 0.29) is 5.97 Å². The predicted molar refractivity (Wildman–Crippen MR) is 100 cm³/mol. The van der Waals surface area contributed by atoms with E-state index in [4.69, 9.17) is 4.74 Å². The van der Waals surface area contributed by atoms with Crippen molar-refractivity contribution in [1.82, 2.24) is 0 Å². The molecule has 0 fully saturated rings. The van der Waals surface area contributed by atoms with Crippen LogP contribution in [0, 0.1) is 0 Å². The molecule has 0 rings (SSSR count). The van der Waals surface area contributed by atoms with Crippen LogP contribution in [-0.4, -0.2) is 16.5 Å². The fourth-order valence-electron chi connectivity index (χ4n) is 1.78. The van der Waals surface area contributed by atoms with Crippen molar-refractivity contribution in [3.05, 3.63) is 12.2 Å². The van der Waals surface area contributed by atoms with E-state index in [9.17, 15) is 4.79 Å². The van der Waals surface area contributed by atoms with Crippen molar-refractivity contribution in [1.29, 1.82) is 0 Å². The van der Waals surface area contributed by atoms with Crippen molar-refractivity contribution in [2.45, 2.75) is 64.3 Å². The normalized spacial score (nSPS) is 11.4. The molecule has 0 heterocycles. The van der Waals surface area contributed by atoms with Crippen molar-refractivity contribution in [2.75, 3.05) is 6.61 Å². The minimum Gasteiger partial charge on any atom is -0.462 e. The fraction of sp³-hybridized carbons (Fsp3) is 0.786. The van der Waals surface area contributed by atoms with E-state index in [2.05, 4.69) is 52.5 Å². The van der Waals surface area contributed by atoms with Gasteiger partial charge in [0.2, 0.25) is 0 Å². The van der Waals surface area contributed by atoms with Crippen LogP contribution >= 0.6 is 45.9 Å². The van der Waals surface area contributed by atoms with Crippen molar-refractivity contribution in [3.8, 4) is 0 Å². The first-order valence-electron chi connectivity index (χ1n) is 7.22. The van der Waals surface area contributed by atoms with Gasteiger partial charge in [-0.2, -0.15) is 0 Å². The van der Waals surface area contributed by atoms with E-state index >= 15 is 0 Å². The topological polar surface area (TPSA) is 26.3 Å². The number of hydrogen-bond acceptors (Lipinski definition) is 2. The highest BCUT2D eigenvalue weighted by molar-refractivity contribution is 9.72. The lowest BCUT2D eigenvalue weighted by molar-refractivity contribution is -0.139. The summed E-state index contributed by atoms with van der Waals surface area (Å²) in [4.78, 5) is 11.1. The Bertz CT molecular complexity index is 291. The summed E-state index contributed by atoms with van der Waals surface area (Å²) in [6, 6.07) is 1.22. The molecule has 0 N–H and O–H groups in total. The van der Waals surface area contributed by atoms with Crippen LogP contribution in [0.25, 0.3) is 0 Å². The first kappa shape index (κ1) is 20.9. The fourth-order valence-corrected chi connectivity index (χ4v) is 4.95. The van der Waals surface area contributed by atoms with Crippen LogP contribution in [0.5, 0.6) is 0 Å². The third-order valence-electron chi connectivity index (χ3n) is 2.94. The molecule has 2 nitrogen and oxygen atoms in total. The highest BCUT2D eigenvalue weighted by atomic mass is 80.0.